The molecule has 3 fully saturated rings. The number of methoxy groups -OCH3 is 1. The molecule has 252 valence electrons. The first-order chi connectivity index (χ1) is 23.1. The van der Waals surface area contributed by atoms with Gasteiger partial charge in [-0.2, -0.15) is 15.2 Å². The van der Waals surface area contributed by atoms with Crippen LogP contribution in [0.3, 0.4) is 0 Å². The number of likely N-dealkylation sites (N-methyl/N-ethyl adjacent to an activating group) is 2. The van der Waals surface area contributed by atoms with Gasteiger partial charge in [-0.3, -0.25) is 9.80 Å². The first-order valence-electron chi connectivity index (χ1n) is 16.1. The number of rotatable bonds is 10. The van der Waals surface area contributed by atoms with Gasteiger partial charge < -0.3 is 25.2 Å². The Hall–Kier alpha value is -3.93. The molecule has 4 atom stereocenters. The standard InChI is InChI=1S/C35H39F2N7O3S/c1-5-27(45)44-13-10-25(26(44)17-46-4)43(3)33-22-7-6-21(20-8-9-24(36)31-28(20)23(15-38)32(39)48-31)29(37)30(22)40-34(41-33)47-16-19-14-35(11-12-35)18-42(19)2/h5-9,19,25-27,45H,1,10-14,16-18,39H2,2-4H3. The number of aromatic nitrogens is 2. The number of aliphatic hydroxyl groups is 1. The van der Waals surface area contributed by atoms with Crippen molar-refractivity contribution in [1.29, 1.82) is 5.26 Å². The van der Waals surface area contributed by atoms with Crippen molar-refractivity contribution in [3.8, 4) is 23.2 Å². The normalized spacial score (nSPS) is 22.8. The lowest BCUT2D eigenvalue weighted by Crippen LogP contribution is -2.49. The van der Waals surface area contributed by atoms with Gasteiger partial charge in [0, 0.05) is 55.7 Å². The Bertz CT molecular complexity index is 1940. The Morgan fingerprint density at radius 3 is 2.71 bits per heavy atom. The van der Waals surface area contributed by atoms with Crippen molar-refractivity contribution in [2.45, 2.75) is 50.0 Å². The molecular formula is C35H39F2N7O3S. The van der Waals surface area contributed by atoms with Crippen LogP contribution in [0, 0.1) is 28.4 Å². The third kappa shape index (κ3) is 5.45. The van der Waals surface area contributed by atoms with Gasteiger partial charge in [0.1, 0.15) is 41.1 Å². The van der Waals surface area contributed by atoms with Crippen molar-refractivity contribution in [1.82, 2.24) is 19.8 Å². The lowest BCUT2D eigenvalue weighted by atomic mass is 9.97. The van der Waals surface area contributed by atoms with Crippen LogP contribution in [0.25, 0.3) is 32.1 Å². The van der Waals surface area contributed by atoms with Crippen LogP contribution >= 0.6 is 11.3 Å². The van der Waals surface area contributed by atoms with E-state index in [-0.39, 0.29) is 55.9 Å². The van der Waals surface area contributed by atoms with Crippen molar-refractivity contribution in [3.05, 3.63) is 54.1 Å². The number of halogens is 2. The highest BCUT2D eigenvalue weighted by atomic mass is 32.1. The van der Waals surface area contributed by atoms with E-state index < -0.39 is 17.9 Å². The molecule has 10 nitrogen and oxygen atoms in total. The Morgan fingerprint density at radius 2 is 2.02 bits per heavy atom. The number of nitriles is 1. The summed E-state index contributed by atoms with van der Waals surface area (Å²) in [6.45, 7) is 6.11. The number of fused-ring (bicyclic) bond motifs is 2. The second-order valence-electron chi connectivity index (χ2n) is 13.4. The van der Waals surface area contributed by atoms with Crippen LogP contribution in [-0.2, 0) is 4.74 Å². The maximum absolute atomic E-state index is 16.9. The van der Waals surface area contributed by atoms with E-state index in [1.165, 1.54) is 31.1 Å². The van der Waals surface area contributed by atoms with Gasteiger partial charge in [-0.05, 0) is 61.9 Å². The molecule has 2 saturated heterocycles. The predicted molar refractivity (Wildman–Crippen MR) is 183 cm³/mol. The van der Waals surface area contributed by atoms with Gasteiger partial charge in [0.25, 0.3) is 0 Å². The van der Waals surface area contributed by atoms with Gasteiger partial charge in [0.2, 0.25) is 0 Å². The number of aliphatic hydroxyl groups excluding tert-OH is 1. The van der Waals surface area contributed by atoms with E-state index in [0.29, 0.717) is 48.4 Å². The summed E-state index contributed by atoms with van der Waals surface area (Å²) in [6, 6.07) is 8.06. The molecule has 4 aromatic rings. The van der Waals surface area contributed by atoms with Crippen molar-refractivity contribution in [2.75, 3.05) is 58.1 Å². The number of nitrogens with two attached hydrogens (primary N) is 1. The quantitative estimate of drug-likeness (QED) is 0.219. The Morgan fingerprint density at radius 1 is 1.25 bits per heavy atom. The van der Waals surface area contributed by atoms with Gasteiger partial charge in [-0.25, -0.2) is 8.78 Å². The number of nitrogen functional groups attached to an aromatic ring is 1. The number of nitrogens with zero attached hydrogens (tertiary/aromatic N) is 6. The highest BCUT2D eigenvalue weighted by molar-refractivity contribution is 7.23. The fraction of sp³-hybridized carbons (Fsp3) is 0.457. The topological polar surface area (TPSA) is 124 Å². The molecule has 1 spiro atoms. The third-order valence-electron chi connectivity index (χ3n) is 10.5. The Kier molecular flexibility index (Phi) is 8.50. The van der Waals surface area contributed by atoms with E-state index in [0.717, 1.165) is 24.3 Å². The second-order valence-corrected chi connectivity index (χ2v) is 14.4. The smallest absolute Gasteiger partial charge is 0.319 e. The monoisotopic (exact) mass is 675 g/mol. The lowest BCUT2D eigenvalue weighted by Gasteiger charge is -2.35. The largest absolute Gasteiger partial charge is 0.462 e. The molecule has 3 aliphatic rings. The van der Waals surface area contributed by atoms with E-state index in [4.69, 9.17) is 20.2 Å². The van der Waals surface area contributed by atoms with Gasteiger partial charge in [0.15, 0.2) is 5.82 Å². The Labute approximate surface area is 282 Å². The lowest BCUT2D eigenvalue weighted by molar-refractivity contribution is 0.00370. The summed E-state index contributed by atoms with van der Waals surface area (Å²) in [5, 5.41) is 21.4. The number of thiophene rings is 1. The molecule has 0 radical (unpaired) electrons. The molecule has 3 N–H and O–H groups in total. The molecule has 2 aromatic carbocycles. The summed E-state index contributed by atoms with van der Waals surface area (Å²) in [4.78, 5) is 15.7. The predicted octanol–water partition coefficient (Wildman–Crippen LogP) is 5.14. The molecule has 2 aliphatic heterocycles. The van der Waals surface area contributed by atoms with Crippen LogP contribution in [0.5, 0.6) is 6.01 Å². The summed E-state index contributed by atoms with van der Waals surface area (Å²) in [6.07, 6.45) is 4.83. The minimum Gasteiger partial charge on any atom is -0.462 e. The van der Waals surface area contributed by atoms with Gasteiger partial charge >= 0.3 is 6.01 Å². The average molecular weight is 676 g/mol. The number of hydrogen-bond donors (Lipinski definition) is 2. The number of anilines is 2. The molecule has 4 heterocycles. The fourth-order valence-corrected chi connectivity index (χ4v) is 8.73. The number of benzene rings is 2. The molecule has 2 aromatic heterocycles. The van der Waals surface area contributed by atoms with Crippen molar-refractivity contribution < 1.29 is 23.4 Å². The maximum Gasteiger partial charge on any atom is 0.319 e. The van der Waals surface area contributed by atoms with E-state index in [1.54, 1.807) is 19.2 Å². The molecule has 1 aliphatic carbocycles. The zero-order valence-electron chi connectivity index (χ0n) is 27.2. The zero-order chi connectivity index (χ0) is 33.9. The van der Waals surface area contributed by atoms with Crippen LogP contribution in [0.1, 0.15) is 31.2 Å². The maximum atomic E-state index is 16.9. The highest BCUT2D eigenvalue weighted by Gasteiger charge is 2.51. The van der Waals surface area contributed by atoms with Crippen molar-refractivity contribution >= 4 is 43.1 Å². The van der Waals surface area contributed by atoms with E-state index in [9.17, 15) is 14.8 Å². The molecule has 1 saturated carbocycles. The molecule has 0 amide bonds. The summed E-state index contributed by atoms with van der Waals surface area (Å²) in [7, 11) is 5.61. The molecule has 7 rings (SSSR count). The molecule has 13 heteroatoms. The Balaban J connectivity index is 1.34. The second kappa shape index (κ2) is 12.5. The minimum atomic E-state index is -0.847. The average Bonchev–Trinajstić information content (AvgIpc) is 3.38. The molecule has 48 heavy (non-hydrogen) atoms. The fourth-order valence-electron chi connectivity index (χ4n) is 7.78. The first-order valence-corrected chi connectivity index (χ1v) is 16.9. The molecule has 0 bridgehead atoms. The van der Waals surface area contributed by atoms with Crippen molar-refractivity contribution in [3.63, 3.8) is 0 Å². The van der Waals surface area contributed by atoms with E-state index in [1.807, 2.05) is 16.8 Å². The number of likely N-dealkylation sites (tertiary alicyclic amines) is 2. The van der Waals surface area contributed by atoms with E-state index in [2.05, 4.69) is 29.6 Å². The van der Waals surface area contributed by atoms with Crippen LogP contribution in [0.2, 0.25) is 0 Å². The van der Waals surface area contributed by atoms with E-state index >= 15 is 4.39 Å². The first kappa shape index (κ1) is 32.6. The van der Waals surface area contributed by atoms with Crippen LogP contribution in [-0.4, -0.2) is 96.7 Å². The third-order valence-corrected chi connectivity index (χ3v) is 11.5. The van der Waals surface area contributed by atoms with Crippen LogP contribution in [0.15, 0.2) is 36.9 Å². The van der Waals surface area contributed by atoms with Gasteiger partial charge in [-0.1, -0.05) is 18.7 Å². The summed E-state index contributed by atoms with van der Waals surface area (Å²) >= 11 is 0.965. The van der Waals surface area contributed by atoms with Gasteiger partial charge in [0.05, 0.1) is 22.9 Å². The van der Waals surface area contributed by atoms with Crippen LogP contribution < -0.4 is 15.4 Å². The van der Waals surface area contributed by atoms with Crippen LogP contribution in [0.4, 0.5) is 19.6 Å². The summed E-state index contributed by atoms with van der Waals surface area (Å²) < 4.78 is 43.8. The summed E-state index contributed by atoms with van der Waals surface area (Å²) in [5.74, 6) is -0.700. The number of ether oxygens (including phenoxy) is 2. The molecule has 4 unspecified atom stereocenters. The zero-order valence-corrected chi connectivity index (χ0v) is 28.1. The summed E-state index contributed by atoms with van der Waals surface area (Å²) in [5.41, 5.74) is 7.12. The SMILES string of the molecule is C=CC(O)N1CCC(N(C)c2nc(OCC3CC4(CC4)CN3C)nc3c(F)c(-c4ccc(F)c5sc(N)c(C#N)c45)ccc23)C1COC. The number of hydrogen-bond acceptors (Lipinski definition) is 11. The van der Waals surface area contributed by atoms with Crippen molar-refractivity contribution in [2.24, 2.45) is 5.41 Å². The van der Waals surface area contributed by atoms with Gasteiger partial charge in [-0.15, -0.1) is 11.3 Å². The minimum absolute atomic E-state index is 0.0428. The molecular weight excluding hydrogens is 636 g/mol. The highest BCUT2D eigenvalue weighted by Crippen LogP contribution is 2.54.